The Balaban J connectivity index is 1.54. The minimum absolute atomic E-state index is 0.277. The molecular weight excluding hydrogens is 389 g/mol. The quantitative estimate of drug-likeness (QED) is 0.483. The van der Waals surface area contributed by atoms with Crippen LogP contribution < -0.4 is 5.32 Å². The molecule has 4 aromatic rings. The van der Waals surface area contributed by atoms with E-state index in [0.29, 0.717) is 11.3 Å². The van der Waals surface area contributed by atoms with Gasteiger partial charge in [-0.2, -0.15) is 18.3 Å². The average molecular weight is 406 g/mol. The Morgan fingerprint density at radius 1 is 1.03 bits per heavy atom. The fourth-order valence-electron chi connectivity index (χ4n) is 3.06. The Kier molecular flexibility index (Phi) is 5.15. The maximum absolute atomic E-state index is 12.9. The Bertz CT molecular complexity index is 1260. The molecule has 0 saturated heterocycles. The third-order valence-electron chi connectivity index (χ3n) is 4.67. The van der Waals surface area contributed by atoms with E-state index in [4.69, 9.17) is 0 Å². The number of hydrogen-bond acceptors (Lipinski definition) is 3. The lowest BCUT2D eigenvalue weighted by molar-refractivity contribution is -0.137. The van der Waals surface area contributed by atoms with Gasteiger partial charge in [0.25, 0.3) is 0 Å². The summed E-state index contributed by atoms with van der Waals surface area (Å²) in [5, 5.41) is 7.45. The zero-order valence-electron chi connectivity index (χ0n) is 16.0. The summed E-state index contributed by atoms with van der Waals surface area (Å²) in [6.07, 6.45) is -1.02. The molecule has 150 valence electrons. The van der Waals surface area contributed by atoms with E-state index in [0.717, 1.165) is 34.6 Å². The van der Waals surface area contributed by atoms with E-state index in [9.17, 15) is 13.2 Å². The molecule has 0 radical (unpaired) electrons. The second kappa shape index (κ2) is 7.91. The molecule has 0 unspecified atom stereocenters. The number of halogens is 3. The van der Waals surface area contributed by atoms with Crippen molar-refractivity contribution in [3.8, 4) is 11.8 Å². The highest BCUT2D eigenvalue weighted by Crippen LogP contribution is 2.29. The summed E-state index contributed by atoms with van der Waals surface area (Å²) in [7, 11) is 0. The van der Waals surface area contributed by atoms with Crippen LogP contribution in [0.4, 0.5) is 18.9 Å². The molecular formula is C23H17F3N4. The monoisotopic (exact) mass is 406 g/mol. The first-order valence-electron chi connectivity index (χ1n) is 9.22. The van der Waals surface area contributed by atoms with Gasteiger partial charge in [-0.3, -0.25) is 0 Å². The lowest BCUT2D eigenvalue weighted by Gasteiger charge is -2.12. The fraction of sp³-hybridized carbons (Fsp3) is 0.130. The van der Waals surface area contributed by atoms with Crippen molar-refractivity contribution in [3.63, 3.8) is 0 Å². The number of benzene rings is 2. The summed E-state index contributed by atoms with van der Waals surface area (Å²) in [4.78, 5) is 4.26. The first kappa shape index (κ1) is 19.5. The predicted octanol–water partition coefficient (Wildman–Crippen LogP) is 5.07. The Labute approximate surface area is 171 Å². The van der Waals surface area contributed by atoms with Crippen LogP contribution in [0.2, 0.25) is 0 Å². The summed E-state index contributed by atoms with van der Waals surface area (Å²) in [5.41, 5.74) is 3.84. The molecule has 0 spiro atoms. The Morgan fingerprint density at radius 3 is 2.70 bits per heavy atom. The summed E-state index contributed by atoms with van der Waals surface area (Å²) in [6, 6.07) is 14.6. The van der Waals surface area contributed by atoms with Gasteiger partial charge in [-0.05, 0) is 60.4 Å². The lowest BCUT2D eigenvalue weighted by Crippen LogP contribution is -2.07. The Morgan fingerprint density at radius 2 is 1.87 bits per heavy atom. The number of aromatic nitrogens is 3. The summed E-state index contributed by atoms with van der Waals surface area (Å²) in [6.45, 7) is 2.20. The lowest BCUT2D eigenvalue weighted by atomic mass is 10.1. The number of alkyl halides is 3. The van der Waals surface area contributed by atoms with Crippen LogP contribution in [0.5, 0.6) is 0 Å². The van der Waals surface area contributed by atoms with Crippen molar-refractivity contribution in [2.24, 2.45) is 0 Å². The Hall–Kier alpha value is -3.79. The van der Waals surface area contributed by atoms with E-state index in [1.807, 2.05) is 37.3 Å². The van der Waals surface area contributed by atoms with Gasteiger partial charge in [-0.15, -0.1) is 0 Å². The molecule has 0 aliphatic heterocycles. The maximum Gasteiger partial charge on any atom is 0.416 e. The van der Waals surface area contributed by atoms with E-state index < -0.39 is 11.7 Å². The van der Waals surface area contributed by atoms with E-state index in [2.05, 4.69) is 27.2 Å². The molecule has 7 heteroatoms. The molecule has 2 aromatic carbocycles. The van der Waals surface area contributed by atoms with Gasteiger partial charge in [-0.1, -0.05) is 24.1 Å². The zero-order chi connectivity index (χ0) is 21.1. The van der Waals surface area contributed by atoms with Gasteiger partial charge in [-0.25, -0.2) is 9.50 Å². The minimum Gasteiger partial charge on any atom is -0.381 e. The fourth-order valence-corrected chi connectivity index (χ4v) is 3.06. The average Bonchev–Trinajstić information content (AvgIpc) is 3.15. The van der Waals surface area contributed by atoms with Crippen LogP contribution in [0, 0.1) is 18.8 Å². The van der Waals surface area contributed by atoms with Gasteiger partial charge < -0.3 is 5.32 Å². The van der Waals surface area contributed by atoms with E-state index in [-0.39, 0.29) is 6.54 Å². The van der Waals surface area contributed by atoms with Gasteiger partial charge in [0.15, 0.2) is 5.65 Å². The van der Waals surface area contributed by atoms with Crippen molar-refractivity contribution < 1.29 is 13.2 Å². The van der Waals surface area contributed by atoms with Crippen molar-refractivity contribution in [2.75, 3.05) is 5.32 Å². The molecule has 2 heterocycles. The first-order valence-corrected chi connectivity index (χ1v) is 9.22. The van der Waals surface area contributed by atoms with Crippen molar-refractivity contribution in [1.29, 1.82) is 0 Å². The topological polar surface area (TPSA) is 42.2 Å². The van der Waals surface area contributed by atoms with Crippen molar-refractivity contribution >= 4 is 11.3 Å². The number of imidazole rings is 1. The number of rotatable bonds is 3. The normalized spacial score (nSPS) is 11.2. The number of hydrogen-bond donors (Lipinski definition) is 1. The summed E-state index contributed by atoms with van der Waals surface area (Å²) < 4.78 is 40.4. The molecule has 30 heavy (non-hydrogen) atoms. The van der Waals surface area contributed by atoms with Crippen LogP contribution in [0.1, 0.15) is 27.9 Å². The van der Waals surface area contributed by atoms with Crippen LogP contribution in [0.3, 0.4) is 0 Å². The van der Waals surface area contributed by atoms with Gasteiger partial charge in [0.05, 0.1) is 11.8 Å². The van der Waals surface area contributed by atoms with Gasteiger partial charge in [0.2, 0.25) is 0 Å². The highest BCUT2D eigenvalue weighted by atomic mass is 19.4. The predicted molar refractivity (Wildman–Crippen MR) is 109 cm³/mol. The second-order valence-electron chi connectivity index (χ2n) is 6.72. The molecule has 2 aromatic heterocycles. The molecule has 1 N–H and O–H groups in total. The van der Waals surface area contributed by atoms with Gasteiger partial charge in [0, 0.05) is 24.0 Å². The number of nitrogens with one attached hydrogen (secondary N) is 1. The largest absolute Gasteiger partial charge is 0.416 e. The number of nitrogens with zero attached hydrogens (tertiary/aromatic N) is 3. The van der Waals surface area contributed by atoms with E-state index in [1.165, 1.54) is 6.07 Å². The molecule has 0 saturated carbocycles. The van der Waals surface area contributed by atoms with E-state index >= 15 is 0 Å². The SMILES string of the molecule is Cc1c(C#Cc2cnc3cccnn23)cccc1NCc1cccc(C(F)(F)F)c1. The second-order valence-corrected chi connectivity index (χ2v) is 6.72. The minimum atomic E-state index is -4.35. The van der Waals surface area contributed by atoms with Crippen LogP contribution in [0.15, 0.2) is 67.0 Å². The van der Waals surface area contributed by atoms with Gasteiger partial charge in [0.1, 0.15) is 5.69 Å². The van der Waals surface area contributed by atoms with Crippen LogP contribution in [-0.4, -0.2) is 14.6 Å². The molecule has 4 rings (SSSR count). The van der Waals surface area contributed by atoms with Crippen molar-refractivity contribution in [1.82, 2.24) is 14.6 Å². The standard InChI is InChI=1S/C23H17F3N4/c1-16-18(10-11-20-15-28-22-9-4-12-29-30(20)22)6-3-8-21(16)27-14-17-5-2-7-19(13-17)23(24,25)26/h2-9,12-13,15,27H,14H2,1H3. The number of fused-ring (bicyclic) bond motifs is 1. The number of anilines is 1. The molecule has 4 nitrogen and oxygen atoms in total. The highest BCUT2D eigenvalue weighted by Gasteiger charge is 2.30. The molecule has 0 fully saturated rings. The highest BCUT2D eigenvalue weighted by molar-refractivity contribution is 5.59. The van der Waals surface area contributed by atoms with Crippen molar-refractivity contribution in [3.05, 3.63) is 94.9 Å². The molecule has 0 bridgehead atoms. The third-order valence-corrected chi connectivity index (χ3v) is 4.67. The maximum atomic E-state index is 12.9. The third kappa shape index (κ3) is 4.13. The summed E-state index contributed by atoms with van der Waals surface area (Å²) in [5.74, 6) is 6.22. The molecule has 0 aliphatic rings. The van der Waals surface area contributed by atoms with Gasteiger partial charge >= 0.3 is 6.18 Å². The van der Waals surface area contributed by atoms with Crippen molar-refractivity contribution in [2.45, 2.75) is 19.6 Å². The van der Waals surface area contributed by atoms with E-state index in [1.54, 1.807) is 23.0 Å². The molecule has 0 amide bonds. The van der Waals surface area contributed by atoms with Crippen LogP contribution >= 0.6 is 0 Å². The molecule has 0 atom stereocenters. The first-order chi connectivity index (χ1) is 14.4. The molecule has 0 aliphatic carbocycles. The van der Waals surface area contributed by atoms with Crippen LogP contribution in [0.25, 0.3) is 5.65 Å². The zero-order valence-corrected chi connectivity index (χ0v) is 16.0. The summed E-state index contributed by atoms with van der Waals surface area (Å²) >= 11 is 0. The smallest absolute Gasteiger partial charge is 0.381 e. The van der Waals surface area contributed by atoms with Crippen LogP contribution in [-0.2, 0) is 12.7 Å².